The largest absolute Gasteiger partial charge is 0.496 e. The molecule has 26 heavy (non-hydrogen) atoms. The van der Waals surface area contributed by atoms with Gasteiger partial charge in [0, 0.05) is 6.07 Å². The number of carbonyl (C=O) groups excluding carboxylic acids is 1. The molecule has 0 radical (unpaired) electrons. The molecule has 0 unspecified atom stereocenters. The number of aryl methyl sites for hydroxylation is 1. The second kappa shape index (κ2) is 9.17. The fourth-order valence-electron chi connectivity index (χ4n) is 2.29. The lowest BCUT2D eigenvalue weighted by molar-refractivity contribution is -0.139. The van der Waals surface area contributed by atoms with Crippen LogP contribution in [0.25, 0.3) is 0 Å². The summed E-state index contributed by atoms with van der Waals surface area (Å²) in [7, 11) is 4.54. The smallest absolute Gasteiger partial charge is 0.408 e. The molecule has 0 spiro atoms. The van der Waals surface area contributed by atoms with Gasteiger partial charge in [0.1, 0.15) is 17.4 Å². The topological polar surface area (TPSA) is 103 Å². The third kappa shape index (κ3) is 6.34. The van der Waals surface area contributed by atoms with E-state index in [1.165, 1.54) is 21.3 Å². The Morgan fingerprint density at radius 3 is 2.04 bits per heavy atom. The molecule has 0 heterocycles. The zero-order valence-electron chi connectivity index (χ0n) is 16.0. The number of methoxy groups -OCH3 is 3. The summed E-state index contributed by atoms with van der Waals surface area (Å²) in [5.74, 6) is 0.421. The van der Waals surface area contributed by atoms with Crippen molar-refractivity contribution in [1.29, 1.82) is 0 Å². The van der Waals surface area contributed by atoms with E-state index in [0.29, 0.717) is 23.7 Å². The Morgan fingerprint density at radius 1 is 1.04 bits per heavy atom. The lowest BCUT2D eigenvalue weighted by Crippen LogP contribution is -2.43. The van der Waals surface area contributed by atoms with Gasteiger partial charge in [-0.25, -0.2) is 9.59 Å². The maximum atomic E-state index is 11.8. The Hall–Kier alpha value is -2.64. The van der Waals surface area contributed by atoms with Crippen molar-refractivity contribution in [2.75, 3.05) is 21.3 Å². The zero-order chi connectivity index (χ0) is 19.9. The van der Waals surface area contributed by atoms with Gasteiger partial charge in [-0.15, -0.1) is 0 Å². The second-order valence-electron chi connectivity index (χ2n) is 6.59. The zero-order valence-corrected chi connectivity index (χ0v) is 16.0. The number of hydrogen-bond acceptors (Lipinski definition) is 6. The van der Waals surface area contributed by atoms with E-state index < -0.39 is 23.7 Å². The van der Waals surface area contributed by atoms with Crippen LogP contribution in [0.15, 0.2) is 12.1 Å². The molecule has 2 N–H and O–H groups in total. The van der Waals surface area contributed by atoms with Crippen molar-refractivity contribution in [3.8, 4) is 17.2 Å². The highest BCUT2D eigenvalue weighted by molar-refractivity contribution is 5.80. The van der Waals surface area contributed by atoms with E-state index >= 15 is 0 Å². The van der Waals surface area contributed by atoms with E-state index in [4.69, 9.17) is 18.9 Å². The first-order valence-corrected chi connectivity index (χ1v) is 8.12. The summed E-state index contributed by atoms with van der Waals surface area (Å²) in [4.78, 5) is 23.3. The summed E-state index contributed by atoms with van der Waals surface area (Å²) >= 11 is 0. The minimum absolute atomic E-state index is 0.153. The number of carboxylic acids is 1. The van der Waals surface area contributed by atoms with E-state index in [1.54, 1.807) is 32.9 Å². The molecule has 1 atom stereocenters. The molecule has 146 valence electrons. The van der Waals surface area contributed by atoms with Gasteiger partial charge >= 0.3 is 12.1 Å². The average molecular weight is 369 g/mol. The fraction of sp³-hybridized carbons (Fsp3) is 0.556. The lowest BCUT2D eigenvalue weighted by Gasteiger charge is -2.22. The molecule has 1 aromatic carbocycles. The van der Waals surface area contributed by atoms with Gasteiger partial charge < -0.3 is 29.4 Å². The van der Waals surface area contributed by atoms with Crippen molar-refractivity contribution in [2.45, 2.75) is 45.3 Å². The van der Waals surface area contributed by atoms with Crippen molar-refractivity contribution in [1.82, 2.24) is 5.32 Å². The summed E-state index contributed by atoms with van der Waals surface area (Å²) < 4.78 is 20.9. The molecule has 8 heteroatoms. The summed E-state index contributed by atoms with van der Waals surface area (Å²) in [6, 6.07) is 2.30. The van der Waals surface area contributed by atoms with Gasteiger partial charge in [-0.2, -0.15) is 0 Å². The van der Waals surface area contributed by atoms with Crippen molar-refractivity contribution in [3.63, 3.8) is 0 Å². The predicted molar refractivity (Wildman–Crippen MR) is 95.2 cm³/mol. The third-order valence-electron chi connectivity index (χ3n) is 3.48. The summed E-state index contributed by atoms with van der Waals surface area (Å²) in [6.45, 7) is 5.12. The molecule has 0 saturated heterocycles. The van der Waals surface area contributed by atoms with Gasteiger partial charge in [-0.3, -0.25) is 0 Å². The molecule has 0 bridgehead atoms. The molecule has 0 aliphatic carbocycles. The van der Waals surface area contributed by atoms with Crippen LogP contribution in [0.2, 0.25) is 0 Å². The van der Waals surface area contributed by atoms with Gasteiger partial charge in [0.25, 0.3) is 0 Å². The number of rotatable bonds is 8. The van der Waals surface area contributed by atoms with Crippen molar-refractivity contribution in [3.05, 3.63) is 17.7 Å². The predicted octanol–water partition coefficient (Wildman–Crippen LogP) is 2.62. The Kier molecular flexibility index (Phi) is 7.55. The first kappa shape index (κ1) is 21.4. The van der Waals surface area contributed by atoms with Gasteiger partial charge in [0.2, 0.25) is 0 Å². The average Bonchev–Trinajstić information content (AvgIpc) is 2.55. The second-order valence-corrected chi connectivity index (χ2v) is 6.59. The van der Waals surface area contributed by atoms with Crippen molar-refractivity contribution < 1.29 is 33.6 Å². The molecule has 0 saturated carbocycles. The van der Waals surface area contributed by atoms with Crippen LogP contribution < -0.4 is 19.5 Å². The monoisotopic (exact) mass is 369 g/mol. The number of benzene rings is 1. The fourth-order valence-corrected chi connectivity index (χ4v) is 2.29. The van der Waals surface area contributed by atoms with Crippen LogP contribution >= 0.6 is 0 Å². The molecule has 8 nitrogen and oxygen atoms in total. The number of alkyl carbamates (subject to hydrolysis) is 1. The van der Waals surface area contributed by atoms with Crippen molar-refractivity contribution in [2.24, 2.45) is 0 Å². The van der Waals surface area contributed by atoms with Gasteiger partial charge in [0.15, 0.2) is 11.5 Å². The standard InChI is InChI=1S/C18H27NO7/c1-18(2,3)26-17(22)19-12(16(20)21)8-7-11-9-14(24-5)15(25-6)10-13(11)23-4/h9-10,12H,7-8H2,1-6H3,(H,19,22)(H,20,21)/t12-/m0/s1. The molecule has 0 aliphatic rings. The molecule has 0 aliphatic heterocycles. The first-order valence-electron chi connectivity index (χ1n) is 8.12. The van der Waals surface area contributed by atoms with Crippen LogP contribution in [0.5, 0.6) is 17.2 Å². The number of hydrogen-bond donors (Lipinski definition) is 2. The quantitative estimate of drug-likeness (QED) is 0.726. The van der Waals surface area contributed by atoms with Crippen LogP contribution in [0.4, 0.5) is 4.79 Å². The van der Waals surface area contributed by atoms with Crippen LogP contribution in [-0.4, -0.2) is 50.1 Å². The van der Waals surface area contributed by atoms with E-state index in [1.807, 2.05) is 0 Å². The van der Waals surface area contributed by atoms with E-state index in [-0.39, 0.29) is 6.42 Å². The highest BCUT2D eigenvalue weighted by Crippen LogP contribution is 2.35. The van der Waals surface area contributed by atoms with Crippen molar-refractivity contribution >= 4 is 12.1 Å². The Morgan fingerprint density at radius 2 is 1.58 bits per heavy atom. The molecular formula is C18H27NO7. The summed E-state index contributed by atoms with van der Waals surface area (Å²) in [5, 5.41) is 11.7. The van der Waals surface area contributed by atoms with E-state index in [9.17, 15) is 14.7 Å². The SMILES string of the molecule is COc1cc(OC)c(OC)cc1CC[C@H](NC(=O)OC(C)(C)C)C(=O)O. The number of nitrogens with one attached hydrogen (secondary N) is 1. The van der Waals surface area contributed by atoms with E-state index in [2.05, 4.69) is 5.32 Å². The maximum absolute atomic E-state index is 11.8. The molecule has 1 rings (SSSR count). The molecular weight excluding hydrogens is 342 g/mol. The number of carboxylic acid groups (broad SMARTS) is 1. The molecule has 1 amide bonds. The summed E-state index contributed by atoms with van der Waals surface area (Å²) in [5.41, 5.74) is 0.0297. The minimum Gasteiger partial charge on any atom is -0.496 e. The normalized spacial score (nSPS) is 12.1. The first-order chi connectivity index (χ1) is 12.1. The van der Waals surface area contributed by atoms with Crippen LogP contribution in [-0.2, 0) is 16.0 Å². The van der Waals surface area contributed by atoms with Crippen LogP contribution in [0.3, 0.4) is 0 Å². The maximum Gasteiger partial charge on any atom is 0.408 e. The number of carbonyl (C=O) groups is 2. The third-order valence-corrected chi connectivity index (χ3v) is 3.48. The number of aliphatic carboxylic acids is 1. The summed E-state index contributed by atoms with van der Waals surface area (Å²) in [6.07, 6.45) is -0.277. The van der Waals surface area contributed by atoms with Gasteiger partial charge in [-0.1, -0.05) is 0 Å². The van der Waals surface area contributed by atoms with Crippen LogP contribution in [0.1, 0.15) is 32.8 Å². The minimum atomic E-state index is -1.14. The lowest BCUT2D eigenvalue weighted by atomic mass is 10.0. The van der Waals surface area contributed by atoms with Crippen LogP contribution in [0, 0.1) is 0 Å². The van der Waals surface area contributed by atoms with Gasteiger partial charge in [-0.05, 0) is 45.2 Å². The number of amides is 1. The molecule has 0 aromatic heterocycles. The Labute approximate surface area is 153 Å². The Bertz CT molecular complexity index is 637. The van der Waals surface area contributed by atoms with E-state index in [0.717, 1.165) is 5.56 Å². The molecule has 0 fully saturated rings. The highest BCUT2D eigenvalue weighted by atomic mass is 16.6. The molecule has 1 aromatic rings. The number of ether oxygens (including phenoxy) is 4. The van der Waals surface area contributed by atoms with Gasteiger partial charge in [0.05, 0.1) is 21.3 Å². The highest BCUT2D eigenvalue weighted by Gasteiger charge is 2.24. The Balaban J connectivity index is 2.89.